The van der Waals surface area contributed by atoms with Crippen molar-refractivity contribution in [1.29, 1.82) is 0 Å². The van der Waals surface area contributed by atoms with Gasteiger partial charge >= 0.3 is 0 Å². The Kier molecular flexibility index (Phi) is 4.53. The molecular formula is C13H8Br2Cl2. The molecule has 0 radical (unpaired) electrons. The van der Waals surface area contributed by atoms with Crippen molar-refractivity contribution < 1.29 is 0 Å². The summed E-state index contributed by atoms with van der Waals surface area (Å²) in [5.74, 6) is 0. The molecule has 0 heterocycles. The fourth-order valence-corrected chi connectivity index (χ4v) is 3.34. The highest BCUT2D eigenvalue weighted by Gasteiger charge is 2.14. The van der Waals surface area contributed by atoms with E-state index in [0.717, 1.165) is 15.6 Å². The van der Waals surface area contributed by atoms with Crippen LogP contribution in [0.15, 0.2) is 46.9 Å². The molecule has 0 aromatic heterocycles. The first-order valence-electron chi connectivity index (χ1n) is 4.93. The topological polar surface area (TPSA) is 0 Å². The van der Waals surface area contributed by atoms with Crippen LogP contribution < -0.4 is 0 Å². The lowest BCUT2D eigenvalue weighted by atomic mass is 10.1. The molecule has 0 N–H and O–H groups in total. The van der Waals surface area contributed by atoms with E-state index in [1.807, 2.05) is 36.4 Å². The van der Waals surface area contributed by atoms with Gasteiger partial charge in [0.05, 0.1) is 14.9 Å². The van der Waals surface area contributed by atoms with Crippen molar-refractivity contribution in [2.24, 2.45) is 0 Å². The van der Waals surface area contributed by atoms with Gasteiger partial charge in [-0.2, -0.15) is 0 Å². The van der Waals surface area contributed by atoms with E-state index >= 15 is 0 Å². The number of hydrogen-bond donors (Lipinski definition) is 0. The third kappa shape index (κ3) is 3.05. The number of benzene rings is 2. The quantitative estimate of drug-likeness (QED) is 0.529. The lowest BCUT2D eigenvalue weighted by molar-refractivity contribution is 1.16. The molecule has 0 saturated carbocycles. The molecule has 88 valence electrons. The van der Waals surface area contributed by atoms with Crippen LogP contribution in [-0.4, -0.2) is 0 Å². The highest BCUT2D eigenvalue weighted by Crippen LogP contribution is 2.37. The maximum absolute atomic E-state index is 6.02. The molecule has 0 spiro atoms. The van der Waals surface area contributed by atoms with Crippen molar-refractivity contribution in [3.8, 4) is 0 Å². The third-order valence-corrected chi connectivity index (χ3v) is 4.90. The minimum absolute atomic E-state index is 0.0906. The molecule has 0 nitrogen and oxygen atoms in total. The molecular weight excluding hydrogens is 387 g/mol. The summed E-state index contributed by atoms with van der Waals surface area (Å²) >= 11 is 19.1. The van der Waals surface area contributed by atoms with Gasteiger partial charge in [0.2, 0.25) is 0 Å². The van der Waals surface area contributed by atoms with Gasteiger partial charge in [-0.3, -0.25) is 0 Å². The lowest BCUT2D eigenvalue weighted by Gasteiger charge is -2.13. The molecule has 0 aliphatic carbocycles. The molecule has 1 atom stereocenters. The fraction of sp³-hybridized carbons (Fsp3) is 0.0769. The number of alkyl halides is 1. The van der Waals surface area contributed by atoms with Gasteiger partial charge in [-0.25, -0.2) is 0 Å². The van der Waals surface area contributed by atoms with E-state index in [0.29, 0.717) is 10.0 Å². The number of rotatable bonds is 2. The Morgan fingerprint density at radius 2 is 1.65 bits per heavy atom. The highest BCUT2D eigenvalue weighted by atomic mass is 79.9. The Morgan fingerprint density at radius 1 is 0.941 bits per heavy atom. The van der Waals surface area contributed by atoms with Crippen LogP contribution in [0, 0.1) is 0 Å². The van der Waals surface area contributed by atoms with E-state index in [4.69, 9.17) is 23.2 Å². The van der Waals surface area contributed by atoms with Gasteiger partial charge in [-0.1, -0.05) is 79.3 Å². The van der Waals surface area contributed by atoms with E-state index in [2.05, 4.69) is 37.9 Å². The normalized spacial score (nSPS) is 12.5. The van der Waals surface area contributed by atoms with Gasteiger partial charge in [0.25, 0.3) is 0 Å². The molecule has 0 amide bonds. The van der Waals surface area contributed by atoms with Crippen LogP contribution >= 0.6 is 55.1 Å². The zero-order valence-electron chi connectivity index (χ0n) is 8.63. The van der Waals surface area contributed by atoms with Gasteiger partial charge in [-0.05, 0) is 29.3 Å². The molecule has 1 unspecified atom stereocenters. The van der Waals surface area contributed by atoms with Crippen LogP contribution in [0.25, 0.3) is 0 Å². The highest BCUT2D eigenvalue weighted by molar-refractivity contribution is 9.11. The van der Waals surface area contributed by atoms with Gasteiger partial charge in [0.1, 0.15) is 0 Å². The second-order valence-electron chi connectivity index (χ2n) is 3.56. The van der Waals surface area contributed by atoms with E-state index < -0.39 is 0 Å². The van der Waals surface area contributed by atoms with Gasteiger partial charge in [0, 0.05) is 4.47 Å². The van der Waals surface area contributed by atoms with Crippen LogP contribution in [0.4, 0.5) is 0 Å². The molecule has 0 fully saturated rings. The standard InChI is InChI=1S/C13H8Br2Cl2/c14-10-4-2-1-3-9(10)13(15)8-5-6-11(16)12(17)7-8/h1-7,13H. The average molecular weight is 395 g/mol. The minimum atomic E-state index is 0.0906. The van der Waals surface area contributed by atoms with Crippen LogP contribution in [0.5, 0.6) is 0 Å². The zero-order valence-corrected chi connectivity index (χ0v) is 13.3. The number of halogens is 4. The second kappa shape index (κ2) is 5.75. The summed E-state index contributed by atoms with van der Waals surface area (Å²) in [6, 6.07) is 13.7. The monoisotopic (exact) mass is 392 g/mol. The van der Waals surface area contributed by atoms with E-state index in [1.165, 1.54) is 0 Å². The van der Waals surface area contributed by atoms with Gasteiger partial charge in [-0.15, -0.1) is 0 Å². The Balaban J connectivity index is 2.40. The first kappa shape index (κ1) is 13.4. The second-order valence-corrected chi connectivity index (χ2v) is 6.14. The van der Waals surface area contributed by atoms with E-state index in [1.54, 1.807) is 0 Å². The van der Waals surface area contributed by atoms with Crippen molar-refractivity contribution in [3.05, 3.63) is 68.1 Å². The summed E-state index contributed by atoms with van der Waals surface area (Å²) in [7, 11) is 0. The van der Waals surface area contributed by atoms with Crippen LogP contribution in [0.2, 0.25) is 10.0 Å². The molecule has 0 aliphatic heterocycles. The van der Waals surface area contributed by atoms with Crippen molar-refractivity contribution >= 4 is 55.1 Å². The third-order valence-electron chi connectivity index (χ3n) is 2.41. The molecule has 17 heavy (non-hydrogen) atoms. The molecule has 2 rings (SSSR count). The van der Waals surface area contributed by atoms with Crippen LogP contribution in [0.1, 0.15) is 16.0 Å². The van der Waals surface area contributed by atoms with Gasteiger partial charge in [0.15, 0.2) is 0 Å². The fourth-order valence-electron chi connectivity index (χ4n) is 1.53. The summed E-state index contributed by atoms with van der Waals surface area (Å²) in [4.78, 5) is 0.0906. The van der Waals surface area contributed by atoms with Crippen molar-refractivity contribution in [1.82, 2.24) is 0 Å². The van der Waals surface area contributed by atoms with Crippen LogP contribution in [0.3, 0.4) is 0 Å². The van der Waals surface area contributed by atoms with Gasteiger partial charge < -0.3 is 0 Å². The summed E-state index contributed by atoms with van der Waals surface area (Å²) in [5.41, 5.74) is 2.23. The summed E-state index contributed by atoms with van der Waals surface area (Å²) < 4.78 is 1.06. The molecule has 4 heteroatoms. The zero-order chi connectivity index (χ0) is 12.4. The Bertz CT molecular complexity index is 541. The maximum Gasteiger partial charge on any atom is 0.0656 e. The smallest absolute Gasteiger partial charge is 0.0656 e. The Labute approximate surface area is 127 Å². The summed E-state index contributed by atoms with van der Waals surface area (Å²) in [6.07, 6.45) is 0. The predicted molar refractivity (Wildman–Crippen MR) is 81.4 cm³/mol. The molecule has 2 aromatic carbocycles. The summed E-state index contributed by atoms with van der Waals surface area (Å²) in [5, 5.41) is 1.14. The summed E-state index contributed by atoms with van der Waals surface area (Å²) in [6.45, 7) is 0. The van der Waals surface area contributed by atoms with E-state index in [-0.39, 0.29) is 4.83 Å². The average Bonchev–Trinajstić information content (AvgIpc) is 2.32. The molecule has 2 aromatic rings. The van der Waals surface area contributed by atoms with E-state index in [9.17, 15) is 0 Å². The van der Waals surface area contributed by atoms with Crippen LogP contribution in [-0.2, 0) is 0 Å². The first-order valence-corrected chi connectivity index (χ1v) is 7.39. The van der Waals surface area contributed by atoms with Crippen molar-refractivity contribution in [3.63, 3.8) is 0 Å². The predicted octanol–water partition coefficient (Wildman–Crippen LogP) is 6.24. The molecule has 0 bridgehead atoms. The SMILES string of the molecule is Clc1ccc(C(Br)c2ccccc2Br)cc1Cl. The molecule has 0 aliphatic rings. The first-order chi connectivity index (χ1) is 8.09. The minimum Gasteiger partial charge on any atom is -0.0827 e. The largest absolute Gasteiger partial charge is 0.0827 e. The van der Waals surface area contributed by atoms with Crippen molar-refractivity contribution in [2.45, 2.75) is 4.83 Å². The van der Waals surface area contributed by atoms with Crippen molar-refractivity contribution in [2.75, 3.05) is 0 Å². The maximum atomic E-state index is 6.02. The number of hydrogen-bond acceptors (Lipinski definition) is 0. The Hall–Kier alpha value is -0.0200. The Morgan fingerprint density at radius 3 is 2.29 bits per heavy atom. The molecule has 0 saturated heterocycles. The lowest BCUT2D eigenvalue weighted by Crippen LogP contribution is -1.93.